The third-order valence-electron chi connectivity index (χ3n) is 5.26. The molecule has 0 radical (unpaired) electrons. The van der Waals surface area contributed by atoms with Crippen molar-refractivity contribution in [3.8, 4) is 0 Å². The molecule has 0 bridgehead atoms. The van der Waals surface area contributed by atoms with Crippen LogP contribution in [0.15, 0.2) is 42.5 Å². The Labute approximate surface area is 198 Å². The minimum absolute atomic E-state index is 0.00135. The molecule has 32 heavy (non-hydrogen) atoms. The Kier molecular flexibility index (Phi) is 9.38. The highest BCUT2D eigenvalue weighted by Crippen LogP contribution is 2.20. The molecule has 0 aliphatic carbocycles. The van der Waals surface area contributed by atoms with Crippen molar-refractivity contribution < 1.29 is 9.59 Å². The second-order valence-electron chi connectivity index (χ2n) is 9.60. The van der Waals surface area contributed by atoms with E-state index in [4.69, 9.17) is 0 Å². The Hall–Kier alpha value is -2.27. The Morgan fingerprint density at radius 2 is 1.66 bits per heavy atom. The van der Waals surface area contributed by atoms with Crippen LogP contribution in [0.4, 0.5) is 0 Å². The zero-order valence-corrected chi connectivity index (χ0v) is 21.4. The summed E-state index contributed by atoms with van der Waals surface area (Å²) < 4.78 is 0. The second-order valence-corrected chi connectivity index (χ2v) is 10.6. The van der Waals surface area contributed by atoms with Crippen molar-refractivity contribution in [3.05, 3.63) is 70.3 Å². The molecule has 2 aromatic rings. The molecule has 0 fully saturated rings. The fraction of sp³-hybridized carbons (Fsp3) is 0.481. The Balaban J connectivity index is 2.18. The standard InChI is InChI=1S/C27H38N2O2S/c1-8-24(26(31)28-27(5,6)7)29(16-23-12-10-9-11-21(23)4)25(30)18-32-17-22-14-19(2)13-20(3)15-22/h9-15,24H,8,16-18H2,1-7H3,(H,28,31). The summed E-state index contributed by atoms with van der Waals surface area (Å²) in [5, 5.41) is 3.06. The summed E-state index contributed by atoms with van der Waals surface area (Å²) in [5.41, 5.74) is 5.54. The van der Waals surface area contributed by atoms with Gasteiger partial charge < -0.3 is 10.2 Å². The van der Waals surface area contributed by atoms with Crippen molar-refractivity contribution in [2.45, 2.75) is 78.8 Å². The Morgan fingerprint density at radius 3 is 2.22 bits per heavy atom. The predicted octanol–water partition coefficient (Wildman–Crippen LogP) is 5.57. The third-order valence-corrected chi connectivity index (χ3v) is 6.25. The number of benzene rings is 2. The van der Waals surface area contributed by atoms with Crippen LogP contribution in [0.3, 0.4) is 0 Å². The summed E-state index contributed by atoms with van der Waals surface area (Å²) in [7, 11) is 0. The molecule has 1 unspecified atom stereocenters. The van der Waals surface area contributed by atoms with Gasteiger partial charge in [0.25, 0.3) is 0 Å². The molecule has 0 saturated carbocycles. The van der Waals surface area contributed by atoms with Gasteiger partial charge in [0.1, 0.15) is 6.04 Å². The molecule has 0 aromatic heterocycles. The van der Waals surface area contributed by atoms with Gasteiger partial charge in [-0.3, -0.25) is 9.59 Å². The molecule has 0 heterocycles. The van der Waals surface area contributed by atoms with Crippen molar-refractivity contribution in [1.82, 2.24) is 10.2 Å². The number of carbonyl (C=O) groups excluding carboxylic acids is 2. The van der Waals surface area contributed by atoms with Gasteiger partial charge in [-0.2, -0.15) is 0 Å². The maximum atomic E-state index is 13.4. The van der Waals surface area contributed by atoms with Gasteiger partial charge >= 0.3 is 0 Å². The fourth-order valence-corrected chi connectivity index (χ4v) is 4.68. The van der Waals surface area contributed by atoms with Gasteiger partial charge in [0.15, 0.2) is 0 Å². The number of rotatable bonds is 9. The fourth-order valence-electron chi connectivity index (χ4n) is 3.83. The zero-order chi connectivity index (χ0) is 23.9. The van der Waals surface area contributed by atoms with Crippen LogP contribution in [0.1, 0.15) is 61.9 Å². The van der Waals surface area contributed by atoms with E-state index < -0.39 is 6.04 Å². The molecule has 1 N–H and O–H groups in total. The summed E-state index contributed by atoms with van der Waals surface area (Å²) in [4.78, 5) is 28.2. The minimum Gasteiger partial charge on any atom is -0.350 e. The first-order valence-corrected chi connectivity index (χ1v) is 12.5. The highest BCUT2D eigenvalue weighted by Gasteiger charge is 2.30. The van der Waals surface area contributed by atoms with E-state index in [0.717, 1.165) is 16.9 Å². The van der Waals surface area contributed by atoms with Crippen molar-refractivity contribution in [2.75, 3.05) is 5.75 Å². The summed E-state index contributed by atoms with van der Waals surface area (Å²) >= 11 is 1.60. The minimum atomic E-state index is -0.497. The summed E-state index contributed by atoms with van der Waals surface area (Å²) in [6.07, 6.45) is 0.571. The van der Waals surface area contributed by atoms with Crippen LogP contribution in [0.25, 0.3) is 0 Å². The lowest BCUT2D eigenvalue weighted by molar-refractivity contribution is -0.140. The lowest BCUT2D eigenvalue weighted by atomic mass is 10.0. The van der Waals surface area contributed by atoms with E-state index in [9.17, 15) is 9.59 Å². The van der Waals surface area contributed by atoms with Crippen molar-refractivity contribution >= 4 is 23.6 Å². The first kappa shape index (κ1) is 26.0. The number of aryl methyl sites for hydroxylation is 3. The van der Waals surface area contributed by atoms with Crippen LogP contribution < -0.4 is 5.32 Å². The van der Waals surface area contributed by atoms with Crippen LogP contribution in [0.5, 0.6) is 0 Å². The van der Waals surface area contributed by atoms with E-state index in [2.05, 4.69) is 37.4 Å². The maximum absolute atomic E-state index is 13.4. The molecule has 1 atom stereocenters. The van der Waals surface area contributed by atoms with Gasteiger partial charge in [-0.05, 0) is 64.7 Å². The third kappa shape index (κ3) is 8.01. The number of nitrogens with one attached hydrogen (secondary N) is 1. The maximum Gasteiger partial charge on any atom is 0.243 e. The van der Waals surface area contributed by atoms with Crippen molar-refractivity contribution in [2.24, 2.45) is 0 Å². The summed E-state index contributed by atoms with van der Waals surface area (Å²) in [6, 6.07) is 14.0. The molecule has 2 rings (SSSR count). The van der Waals surface area contributed by atoms with Gasteiger partial charge in [-0.1, -0.05) is 60.5 Å². The van der Waals surface area contributed by atoms with Crippen LogP contribution in [0, 0.1) is 20.8 Å². The number of carbonyl (C=O) groups is 2. The Bertz CT molecular complexity index is 913. The number of hydrogen-bond acceptors (Lipinski definition) is 3. The molecule has 0 aliphatic heterocycles. The molecule has 0 saturated heterocycles. The number of thioether (sulfide) groups is 1. The molecule has 4 nitrogen and oxygen atoms in total. The molecule has 0 aliphatic rings. The van der Waals surface area contributed by atoms with Gasteiger partial charge in [-0.15, -0.1) is 11.8 Å². The topological polar surface area (TPSA) is 49.4 Å². The molecule has 174 valence electrons. The van der Waals surface area contributed by atoms with Crippen LogP contribution in [-0.4, -0.2) is 34.0 Å². The van der Waals surface area contributed by atoms with Crippen LogP contribution >= 0.6 is 11.8 Å². The van der Waals surface area contributed by atoms with E-state index >= 15 is 0 Å². The average molecular weight is 455 g/mol. The SMILES string of the molecule is CCC(C(=O)NC(C)(C)C)N(Cc1ccccc1C)C(=O)CSCc1cc(C)cc(C)c1. The summed E-state index contributed by atoms with van der Waals surface area (Å²) in [6.45, 7) is 14.5. The van der Waals surface area contributed by atoms with Crippen molar-refractivity contribution in [1.29, 1.82) is 0 Å². The number of amides is 2. The molecule has 5 heteroatoms. The van der Waals surface area contributed by atoms with Gasteiger partial charge in [0.2, 0.25) is 11.8 Å². The van der Waals surface area contributed by atoms with Gasteiger partial charge in [0.05, 0.1) is 5.75 Å². The molecule has 0 spiro atoms. The van der Waals surface area contributed by atoms with Gasteiger partial charge in [0, 0.05) is 17.8 Å². The average Bonchev–Trinajstić information content (AvgIpc) is 2.67. The zero-order valence-electron chi connectivity index (χ0n) is 20.6. The van der Waals surface area contributed by atoms with E-state index in [1.807, 2.05) is 58.9 Å². The molecular formula is C27H38N2O2S. The molecule has 2 amide bonds. The van der Waals surface area contributed by atoms with E-state index in [0.29, 0.717) is 18.7 Å². The lowest BCUT2D eigenvalue weighted by Crippen LogP contribution is -2.53. The molecular weight excluding hydrogens is 416 g/mol. The van der Waals surface area contributed by atoms with E-state index in [-0.39, 0.29) is 17.4 Å². The first-order chi connectivity index (χ1) is 15.0. The van der Waals surface area contributed by atoms with E-state index in [1.165, 1.54) is 16.7 Å². The molecule has 2 aromatic carbocycles. The Morgan fingerprint density at radius 1 is 1.03 bits per heavy atom. The number of hydrogen-bond donors (Lipinski definition) is 1. The first-order valence-electron chi connectivity index (χ1n) is 11.3. The monoisotopic (exact) mass is 454 g/mol. The van der Waals surface area contributed by atoms with E-state index in [1.54, 1.807) is 16.7 Å². The quantitative estimate of drug-likeness (QED) is 0.539. The smallest absolute Gasteiger partial charge is 0.243 e. The largest absolute Gasteiger partial charge is 0.350 e. The highest BCUT2D eigenvalue weighted by molar-refractivity contribution is 7.99. The van der Waals surface area contributed by atoms with Crippen LogP contribution in [-0.2, 0) is 21.9 Å². The highest BCUT2D eigenvalue weighted by atomic mass is 32.2. The van der Waals surface area contributed by atoms with Crippen LogP contribution in [0.2, 0.25) is 0 Å². The second kappa shape index (κ2) is 11.6. The normalized spacial score (nSPS) is 12.3. The van der Waals surface area contributed by atoms with Crippen molar-refractivity contribution in [3.63, 3.8) is 0 Å². The summed E-state index contributed by atoms with van der Waals surface area (Å²) in [5.74, 6) is 1.02. The lowest BCUT2D eigenvalue weighted by Gasteiger charge is -2.33. The number of nitrogens with zero attached hydrogens (tertiary/aromatic N) is 1. The predicted molar refractivity (Wildman–Crippen MR) is 136 cm³/mol. The van der Waals surface area contributed by atoms with Gasteiger partial charge in [-0.25, -0.2) is 0 Å².